The number of hydrogen-bond donors (Lipinski definition) is 2. The lowest BCUT2D eigenvalue weighted by Crippen LogP contribution is -2.20. The molecule has 0 bridgehead atoms. The fourth-order valence-corrected chi connectivity index (χ4v) is 4.01. The van der Waals surface area contributed by atoms with E-state index in [0.29, 0.717) is 10.3 Å². The first-order chi connectivity index (χ1) is 11.9. The molecule has 0 atom stereocenters. The van der Waals surface area contributed by atoms with Gasteiger partial charge >= 0.3 is 0 Å². The highest BCUT2D eigenvalue weighted by atomic mass is 79.9. The van der Waals surface area contributed by atoms with Crippen LogP contribution in [0.2, 0.25) is 0 Å². The first-order valence-corrected chi connectivity index (χ1v) is 10.2. The zero-order chi connectivity index (χ0) is 18.0. The molecule has 3 rings (SSSR count). The van der Waals surface area contributed by atoms with Crippen molar-refractivity contribution in [2.45, 2.75) is 30.6 Å². The van der Waals surface area contributed by atoms with Crippen LogP contribution in [-0.4, -0.2) is 26.4 Å². The number of nitrogens with one attached hydrogen (secondary N) is 2. The monoisotopic (exact) mass is 423 g/mol. The minimum atomic E-state index is -3.62. The number of anilines is 1. The standard InChI is InChI=1S/C17H18BrN3O3S/c1-19-25(23,24)13-6-7-15(18)14(9-13)17(22)21-16-8-11-4-2-3-5-12(11)10-20-16/h6-10,19H,2-5H2,1H3,(H,20,21,22). The molecule has 1 aromatic carbocycles. The van der Waals surface area contributed by atoms with Gasteiger partial charge in [-0.05, 0) is 84.1 Å². The fraction of sp³-hybridized carbons (Fsp3) is 0.294. The van der Waals surface area contributed by atoms with E-state index < -0.39 is 15.9 Å². The Kier molecular flexibility index (Phi) is 5.21. The number of carbonyl (C=O) groups is 1. The van der Waals surface area contributed by atoms with Crippen LogP contribution in [0.5, 0.6) is 0 Å². The van der Waals surface area contributed by atoms with E-state index in [-0.39, 0.29) is 10.5 Å². The van der Waals surface area contributed by atoms with E-state index in [4.69, 9.17) is 0 Å². The summed E-state index contributed by atoms with van der Waals surface area (Å²) >= 11 is 3.30. The number of halogens is 1. The molecule has 0 spiro atoms. The number of benzene rings is 1. The van der Waals surface area contributed by atoms with E-state index in [2.05, 4.69) is 31.0 Å². The predicted molar refractivity (Wildman–Crippen MR) is 99.2 cm³/mol. The van der Waals surface area contributed by atoms with Crippen LogP contribution in [0.4, 0.5) is 5.82 Å². The number of aryl methyl sites for hydroxylation is 2. The molecule has 0 unspecified atom stereocenters. The highest BCUT2D eigenvalue weighted by Gasteiger charge is 2.18. The molecule has 0 radical (unpaired) electrons. The lowest BCUT2D eigenvalue weighted by Gasteiger charge is -2.16. The largest absolute Gasteiger partial charge is 0.307 e. The first kappa shape index (κ1) is 18.0. The Balaban J connectivity index is 1.87. The van der Waals surface area contributed by atoms with Crippen LogP contribution in [0.3, 0.4) is 0 Å². The van der Waals surface area contributed by atoms with Crippen molar-refractivity contribution in [3.63, 3.8) is 0 Å². The number of carbonyl (C=O) groups excluding carboxylic acids is 1. The number of hydrogen-bond acceptors (Lipinski definition) is 4. The summed E-state index contributed by atoms with van der Waals surface area (Å²) in [5, 5.41) is 2.75. The van der Waals surface area contributed by atoms with Crippen LogP contribution in [0.25, 0.3) is 0 Å². The summed E-state index contributed by atoms with van der Waals surface area (Å²) in [4.78, 5) is 16.9. The first-order valence-electron chi connectivity index (χ1n) is 7.93. The van der Waals surface area contributed by atoms with E-state index in [0.717, 1.165) is 19.3 Å². The number of aromatic nitrogens is 1. The van der Waals surface area contributed by atoms with Gasteiger partial charge in [0.25, 0.3) is 5.91 Å². The van der Waals surface area contributed by atoms with Crippen molar-refractivity contribution in [1.82, 2.24) is 9.71 Å². The fourth-order valence-electron chi connectivity index (χ4n) is 2.83. The maximum atomic E-state index is 12.6. The minimum absolute atomic E-state index is 0.0294. The molecule has 1 amide bonds. The lowest BCUT2D eigenvalue weighted by atomic mass is 9.93. The van der Waals surface area contributed by atoms with Gasteiger partial charge in [-0.3, -0.25) is 4.79 Å². The van der Waals surface area contributed by atoms with Crippen LogP contribution in [-0.2, 0) is 22.9 Å². The van der Waals surface area contributed by atoms with Crippen molar-refractivity contribution in [2.75, 3.05) is 12.4 Å². The Morgan fingerprint density at radius 2 is 1.88 bits per heavy atom. The van der Waals surface area contributed by atoms with Crippen LogP contribution in [0, 0.1) is 0 Å². The second-order valence-corrected chi connectivity index (χ2v) is 8.59. The summed E-state index contributed by atoms with van der Waals surface area (Å²) in [7, 11) is -2.29. The van der Waals surface area contributed by atoms with Crippen molar-refractivity contribution in [1.29, 1.82) is 0 Å². The van der Waals surface area contributed by atoms with Crippen molar-refractivity contribution < 1.29 is 13.2 Å². The summed E-state index contributed by atoms with van der Waals surface area (Å²) in [6, 6.07) is 6.21. The molecule has 1 aliphatic carbocycles. The average molecular weight is 424 g/mol. The Morgan fingerprint density at radius 3 is 2.60 bits per heavy atom. The molecule has 2 aromatic rings. The number of pyridine rings is 1. The minimum Gasteiger partial charge on any atom is -0.307 e. The van der Waals surface area contributed by atoms with E-state index in [1.165, 1.54) is 36.7 Å². The molecule has 132 valence electrons. The molecule has 0 fully saturated rings. The van der Waals surface area contributed by atoms with Gasteiger partial charge in [0.1, 0.15) is 5.82 Å². The van der Waals surface area contributed by atoms with E-state index in [1.807, 2.05) is 6.07 Å². The number of sulfonamides is 1. The Bertz CT molecular complexity index is 929. The van der Waals surface area contributed by atoms with Crippen LogP contribution < -0.4 is 10.0 Å². The summed E-state index contributed by atoms with van der Waals surface area (Å²) in [6.07, 6.45) is 6.12. The maximum Gasteiger partial charge on any atom is 0.258 e. The Morgan fingerprint density at radius 1 is 1.16 bits per heavy atom. The van der Waals surface area contributed by atoms with Gasteiger partial charge in [0.15, 0.2) is 0 Å². The highest BCUT2D eigenvalue weighted by molar-refractivity contribution is 9.10. The van der Waals surface area contributed by atoms with Gasteiger partial charge in [0.2, 0.25) is 10.0 Å². The number of fused-ring (bicyclic) bond motifs is 1. The summed E-state index contributed by atoms with van der Waals surface area (Å²) in [6.45, 7) is 0. The molecule has 2 N–H and O–H groups in total. The topological polar surface area (TPSA) is 88.2 Å². The summed E-state index contributed by atoms with van der Waals surface area (Å²) in [5.41, 5.74) is 2.67. The average Bonchev–Trinajstić information content (AvgIpc) is 2.61. The molecule has 1 aliphatic rings. The van der Waals surface area contributed by atoms with E-state index >= 15 is 0 Å². The third-order valence-electron chi connectivity index (χ3n) is 4.23. The molecular formula is C17H18BrN3O3S. The summed E-state index contributed by atoms with van der Waals surface area (Å²) < 4.78 is 26.6. The molecule has 1 heterocycles. The molecule has 0 saturated heterocycles. The van der Waals surface area contributed by atoms with Gasteiger partial charge in [-0.15, -0.1) is 0 Å². The third-order valence-corrected chi connectivity index (χ3v) is 6.33. The molecule has 8 heteroatoms. The number of rotatable bonds is 4. The molecule has 25 heavy (non-hydrogen) atoms. The van der Waals surface area contributed by atoms with Crippen LogP contribution in [0.1, 0.15) is 34.3 Å². The molecule has 0 aliphatic heterocycles. The molecule has 6 nitrogen and oxygen atoms in total. The molecular weight excluding hydrogens is 406 g/mol. The Hall–Kier alpha value is -1.77. The zero-order valence-corrected chi connectivity index (χ0v) is 16.1. The second-order valence-electron chi connectivity index (χ2n) is 5.85. The van der Waals surface area contributed by atoms with Gasteiger partial charge < -0.3 is 5.32 Å². The maximum absolute atomic E-state index is 12.6. The number of amides is 1. The van der Waals surface area contributed by atoms with Crippen LogP contribution >= 0.6 is 15.9 Å². The van der Waals surface area contributed by atoms with Gasteiger partial charge in [0, 0.05) is 10.7 Å². The van der Waals surface area contributed by atoms with Gasteiger partial charge in [-0.2, -0.15) is 0 Å². The van der Waals surface area contributed by atoms with Crippen molar-refractivity contribution in [3.8, 4) is 0 Å². The normalized spacial score (nSPS) is 14.0. The molecule has 0 saturated carbocycles. The predicted octanol–water partition coefficient (Wildman–Crippen LogP) is 2.88. The van der Waals surface area contributed by atoms with E-state index in [9.17, 15) is 13.2 Å². The van der Waals surface area contributed by atoms with Crippen molar-refractivity contribution >= 4 is 37.7 Å². The smallest absolute Gasteiger partial charge is 0.258 e. The quantitative estimate of drug-likeness (QED) is 0.790. The van der Waals surface area contributed by atoms with Crippen molar-refractivity contribution in [3.05, 3.63) is 51.6 Å². The third kappa shape index (κ3) is 3.91. The summed E-state index contributed by atoms with van der Waals surface area (Å²) in [5.74, 6) is 0.0581. The van der Waals surface area contributed by atoms with Crippen molar-refractivity contribution in [2.24, 2.45) is 0 Å². The van der Waals surface area contributed by atoms with Gasteiger partial charge in [-0.25, -0.2) is 18.1 Å². The highest BCUT2D eigenvalue weighted by Crippen LogP contribution is 2.24. The van der Waals surface area contributed by atoms with Gasteiger partial charge in [-0.1, -0.05) is 0 Å². The van der Waals surface area contributed by atoms with Gasteiger partial charge in [0.05, 0.1) is 10.5 Å². The number of nitrogens with zero attached hydrogens (tertiary/aromatic N) is 1. The van der Waals surface area contributed by atoms with E-state index in [1.54, 1.807) is 12.3 Å². The second kappa shape index (κ2) is 7.23. The molecule has 1 aromatic heterocycles. The van der Waals surface area contributed by atoms with Crippen LogP contribution in [0.15, 0.2) is 39.8 Å². The lowest BCUT2D eigenvalue weighted by molar-refractivity contribution is 0.102. The Labute approximate surface area is 155 Å². The SMILES string of the molecule is CNS(=O)(=O)c1ccc(Br)c(C(=O)Nc2cc3c(cn2)CCCC3)c1. The zero-order valence-electron chi connectivity index (χ0n) is 13.7.